The minimum absolute atomic E-state index is 0.0611. The molecule has 0 unspecified atom stereocenters. The number of hydrogen-bond donors (Lipinski definition) is 0. The van der Waals surface area contributed by atoms with Crippen LogP contribution >= 0.6 is 10.7 Å². The van der Waals surface area contributed by atoms with Crippen molar-refractivity contribution in [2.24, 2.45) is 0 Å². The van der Waals surface area contributed by atoms with E-state index in [1.807, 2.05) is 32.0 Å². The van der Waals surface area contributed by atoms with E-state index in [4.69, 9.17) is 24.9 Å². The molecule has 1 aromatic rings. The van der Waals surface area contributed by atoms with E-state index in [1.165, 1.54) is 0 Å². The van der Waals surface area contributed by atoms with Gasteiger partial charge < -0.3 is 14.2 Å². The van der Waals surface area contributed by atoms with Gasteiger partial charge in [0.15, 0.2) is 11.5 Å². The summed E-state index contributed by atoms with van der Waals surface area (Å²) in [5, 5.41) is 0. The molecule has 7 heteroatoms. The molecule has 118 valence electrons. The molecule has 0 saturated carbocycles. The molecule has 1 aliphatic heterocycles. The van der Waals surface area contributed by atoms with Gasteiger partial charge in [0, 0.05) is 22.7 Å². The van der Waals surface area contributed by atoms with Crippen molar-refractivity contribution in [1.29, 1.82) is 0 Å². The van der Waals surface area contributed by atoms with Gasteiger partial charge in [0.2, 0.25) is 9.05 Å². The van der Waals surface area contributed by atoms with E-state index in [0.29, 0.717) is 19.0 Å². The van der Waals surface area contributed by atoms with Gasteiger partial charge in [-0.05, 0) is 19.9 Å². The Balaban J connectivity index is 1.79. The molecule has 1 aliphatic rings. The van der Waals surface area contributed by atoms with E-state index in [0.717, 1.165) is 17.7 Å². The van der Waals surface area contributed by atoms with Gasteiger partial charge in [-0.1, -0.05) is 12.1 Å². The summed E-state index contributed by atoms with van der Waals surface area (Å²) in [6, 6.07) is 5.81. The SMILES string of the molecule is CC1(C)Cc2cccc(OCCOCCS(=O)(=O)Cl)c2O1. The number of benzene rings is 1. The lowest BCUT2D eigenvalue weighted by Gasteiger charge is -2.18. The highest BCUT2D eigenvalue weighted by Crippen LogP contribution is 2.41. The Bertz CT molecular complexity index is 597. The molecule has 2 rings (SSSR count). The zero-order chi connectivity index (χ0) is 15.5. The van der Waals surface area contributed by atoms with E-state index in [2.05, 4.69) is 0 Å². The Morgan fingerprint density at radius 3 is 2.76 bits per heavy atom. The first-order valence-corrected chi connectivity index (χ1v) is 9.18. The first-order valence-electron chi connectivity index (χ1n) is 6.71. The molecule has 0 saturated heterocycles. The van der Waals surface area contributed by atoms with Crippen LogP contribution in [0.5, 0.6) is 11.5 Å². The van der Waals surface area contributed by atoms with Gasteiger partial charge in [-0.3, -0.25) is 0 Å². The average Bonchev–Trinajstić information content (AvgIpc) is 2.67. The van der Waals surface area contributed by atoms with E-state index >= 15 is 0 Å². The molecule has 5 nitrogen and oxygen atoms in total. The second-order valence-electron chi connectivity index (χ2n) is 5.49. The van der Waals surface area contributed by atoms with Crippen molar-refractivity contribution in [2.75, 3.05) is 25.6 Å². The maximum absolute atomic E-state index is 10.7. The predicted octanol–water partition coefficient (Wildman–Crippen LogP) is 2.36. The zero-order valence-electron chi connectivity index (χ0n) is 12.1. The maximum Gasteiger partial charge on any atom is 0.234 e. The number of ether oxygens (including phenoxy) is 3. The van der Waals surface area contributed by atoms with Crippen molar-refractivity contribution in [3.63, 3.8) is 0 Å². The molecule has 0 atom stereocenters. The van der Waals surface area contributed by atoms with Crippen LogP contribution in [0.1, 0.15) is 19.4 Å². The van der Waals surface area contributed by atoms with Crippen molar-refractivity contribution >= 4 is 19.7 Å². The molecule has 0 bridgehead atoms. The molecule has 1 heterocycles. The fraction of sp³-hybridized carbons (Fsp3) is 0.571. The molecule has 0 amide bonds. The van der Waals surface area contributed by atoms with Crippen LogP contribution in [0.25, 0.3) is 0 Å². The Hall–Kier alpha value is -0.980. The van der Waals surface area contributed by atoms with Gasteiger partial charge in [0.25, 0.3) is 0 Å². The van der Waals surface area contributed by atoms with Gasteiger partial charge in [-0.25, -0.2) is 8.42 Å². The highest BCUT2D eigenvalue weighted by Gasteiger charge is 2.32. The Kier molecular flexibility index (Phi) is 5.01. The second-order valence-corrected chi connectivity index (χ2v) is 8.38. The first-order chi connectivity index (χ1) is 9.77. The van der Waals surface area contributed by atoms with E-state index in [9.17, 15) is 8.42 Å². The maximum atomic E-state index is 10.7. The van der Waals surface area contributed by atoms with Crippen molar-refractivity contribution in [3.8, 4) is 11.5 Å². The Morgan fingerprint density at radius 2 is 2.05 bits per heavy atom. The summed E-state index contributed by atoms with van der Waals surface area (Å²) in [5.74, 6) is 1.27. The van der Waals surface area contributed by atoms with Crippen molar-refractivity contribution in [1.82, 2.24) is 0 Å². The number of fused-ring (bicyclic) bond motifs is 1. The zero-order valence-corrected chi connectivity index (χ0v) is 13.7. The highest BCUT2D eigenvalue weighted by atomic mass is 35.7. The summed E-state index contributed by atoms with van der Waals surface area (Å²) in [6.07, 6.45) is 0.851. The van der Waals surface area contributed by atoms with E-state index in [1.54, 1.807) is 0 Å². The summed E-state index contributed by atoms with van der Waals surface area (Å²) < 4.78 is 38.1. The van der Waals surface area contributed by atoms with Crippen LogP contribution in [0, 0.1) is 0 Å². The molecule has 0 aliphatic carbocycles. The molecule has 0 fully saturated rings. The second kappa shape index (κ2) is 6.42. The van der Waals surface area contributed by atoms with Gasteiger partial charge >= 0.3 is 0 Å². The van der Waals surface area contributed by atoms with Crippen LogP contribution in [0.2, 0.25) is 0 Å². The van der Waals surface area contributed by atoms with Crippen LogP contribution in [0.15, 0.2) is 18.2 Å². The van der Waals surface area contributed by atoms with Crippen LogP contribution in [-0.2, 0) is 20.2 Å². The Labute approximate surface area is 129 Å². The highest BCUT2D eigenvalue weighted by molar-refractivity contribution is 8.13. The van der Waals surface area contributed by atoms with Crippen LogP contribution < -0.4 is 9.47 Å². The Morgan fingerprint density at radius 1 is 1.29 bits per heavy atom. The number of halogens is 1. The van der Waals surface area contributed by atoms with Crippen LogP contribution in [0.3, 0.4) is 0 Å². The normalized spacial score (nSPS) is 16.3. The lowest BCUT2D eigenvalue weighted by Crippen LogP contribution is -2.24. The number of hydrogen-bond acceptors (Lipinski definition) is 5. The predicted molar refractivity (Wildman–Crippen MR) is 80.8 cm³/mol. The standard InChI is InChI=1S/C14H19ClO5S/c1-14(2)10-11-4-3-5-12(13(11)20-14)19-7-6-18-8-9-21(15,16)17/h3-5H,6-10H2,1-2H3. The van der Waals surface area contributed by atoms with Crippen molar-refractivity contribution < 1.29 is 22.6 Å². The number of rotatable bonds is 7. The van der Waals surface area contributed by atoms with Crippen LogP contribution in [0.4, 0.5) is 0 Å². The average molecular weight is 335 g/mol. The lowest BCUT2D eigenvalue weighted by molar-refractivity contribution is 0.103. The van der Waals surface area contributed by atoms with E-state index < -0.39 is 9.05 Å². The van der Waals surface area contributed by atoms with Crippen molar-refractivity contribution in [2.45, 2.75) is 25.9 Å². The summed E-state index contributed by atoms with van der Waals surface area (Å²) >= 11 is 0. The monoisotopic (exact) mass is 334 g/mol. The summed E-state index contributed by atoms with van der Waals surface area (Å²) in [7, 11) is 1.58. The van der Waals surface area contributed by atoms with Crippen LogP contribution in [-0.4, -0.2) is 39.6 Å². The molecule has 1 aromatic carbocycles. The molecule has 0 radical (unpaired) electrons. The summed E-state index contributed by atoms with van der Waals surface area (Å²) in [6.45, 7) is 4.74. The molecule has 0 aromatic heterocycles. The summed E-state index contributed by atoms with van der Waals surface area (Å²) in [4.78, 5) is 0. The molecular weight excluding hydrogens is 316 g/mol. The number of para-hydroxylation sites is 1. The lowest BCUT2D eigenvalue weighted by atomic mass is 10.0. The molecule has 0 N–H and O–H groups in total. The van der Waals surface area contributed by atoms with Gasteiger partial charge in [-0.15, -0.1) is 0 Å². The van der Waals surface area contributed by atoms with Gasteiger partial charge in [-0.2, -0.15) is 0 Å². The van der Waals surface area contributed by atoms with Crippen molar-refractivity contribution in [3.05, 3.63) is 23.8 Å². The fourth-order valence-electron chi connectivity index (χ4n) is 2.17. The minimum atomic E-state index is -3.50. The third-order valence-corrected chi connectivity index (χ3v) is 4.13. The van der Waals surface area contributed by atoms with E-state index in [-0.39, 0.29) is 18.0 Å². The molecular formula is C14H19ClO5S. The third-order valence-electron chi connectivity index (χ3n) is 3.01. The first kappa shape index (κ1) is 16.4. The van der Waals surface area contributed by atoms with Gasteiger partial charge in [0.05, 0.1) is 19.0 Å². The van der Waals surface area contributed by atoms with Gasteiger partial charge in [0.1, 0.15) is 12.2 Å². The smallest absolute Gasteiger partial charge is 0.234 e. The quantitative estimate of drug-likeness (QED) is 0.566. The topological polar surface area (TPSA) is 61.8 Å². The fourth-order valence-corrected chi connectivity index (χ4v) is 2.68. The molecule has 0 spiro atoms. The largest absolute Gasteiger partial charge is 0.487 e. The third kappa shape index (κ3) is 5.05. The minimum Gasteiger partial charge on any atom is -0.487 e. The molecule has 21 heavy (non-hydrogen) atoms. The summed E-state index contributed by atoms with van der Waals surface area (Å²) in [5.41, 5.74) is 0.916.